The third kappa shape index (κ3) is 5.12. The highest BCUT2D eigenvalue weighted by atomic mass is 32.2. The van der Waals surface area contributed by atoms with Gasteiger partial charge in [0.05, 0.1) is 5.69 Å². The zero-order valence-corrected chi connectivity index (χ0v) is 19.3. The molecule has 170 valence electrons. The van der Waals surface area contributed by atoms with Gasteiger partial charge in [0.1, 0.15) is 12.2 Å². The second-order valence-corrected chi connectivity index (χ2v) is 9.06. The Hall–Kier alpha value is -3.50. The normalized spacial score (nSPS) is 11.5. The quantitative estimate of drug-likeness (QED) is 0.264. The largest absolute Gasteiger partial charge is 0.456 e. The predicted molar refractivity (Wildman–Crippen MR) is 124 cm³/mol. The second kappa shape index (κ2) is 9.55. The molecule has 0 bridgehead atoms. The monoisotopic (exact) mass is 464 g/mol. The lowest BCUT2D eigenvalue weighted by molar-refractivity contribution is 0.0428. The number of aliphatic hydroxyl groups is 1. The highest BCUT2D eigenvalue weighted by molar-refractivity contribution is 7.99. The number of H-pyrrole nitrogens is 2. The molecule has 2 aromatic heterocycles. The van der Waals surface area contributed by atoms with E-state index in [1.807, 2.05) is 55.5 Å². The number of aromatic nitrogens is 6. The van der Waals surface area contributed by atoms with E-state index in [2.05, 4.69) is 30.6 Å². The van der Waals surface area contributed by atoms with E-state index in [4.69, 9.17) is 4.74 Å². The molecule has 0 aliphatic rings. The molecule has 0 atom stereocenters. The van der Waals surface area contributed by atoms with Gasteiger partial charge >= 0.3 is 5.97 Å². The van der Waals surface area contributed by atoms with Crippen LogP contribution in [0, 0.1) is 0 Å². The first-order chi connectivity index (χ1) is 15.9. The van der Waals surface area contributed by atoms with E-state index in [-0.39, 0.29) is 12.3 Å². The van der Waals surface area contributed by atoms with Crippen LogP contribution in [-0.2, 0) is 16.9 Å². The molecule has 3 N–H and O–H groups in total. The number of hydrogen-bond donors (Lipinski definition) is 3. The molecule has 9 nitrogen and oxygen atoms in total. The van der Waals surface area contributed by atoms with E-state index in [1.54, 1.807) is 13.8 Å². The van der Waals surface area contributed by atoms with Crippen molar-refractivity contribution in [3.8, 4) is 22.5 Å². The van der Waals surface area contributed by atoms with Gasteiger partial charge in [0, 0.05) is 5.56 Å². The molecule has 10 heteroatoms. The van der Waals surface area contributed by atoms with Crippen molar-refractivity contribution in [1.29, 1.82) is 0 Å². The first-order valence-electron chi connectivity index (χ1n) is 10.4. The van der Waals surface area contributed by atoms with E-state index in [0.717, 1.165) is 28.0 Å². The lowest BCUT2D eigenvalue weighted by Gasteiger charge is -2.16. The zero-order valence-electron chi connectivity index (χ0n) is 18.5. The minimum atomic E-state index is -1.25. The maximum atomic E-state index is 12.7. The minimum Gasteiger partial charge on any atom is -0.456 e. The molecule has 4 aromatic rings. The molecular formula is C23H24N6O3S. The van der Waals surface area contributed by atoms with Gasteiger partial charge in [-0.3, -0.25) is 0 Å². The van der Waals surface area contributed by atoms with E-state index >= 15 is 0 Å². The van der Waals surface area contributed by atoms with Crippen molar-refractivity contribution >= 4 is 17.7 Å². The Kier molecular flexibility index (Phi) is 6.57. The Morgan fingerprint density at radius 3 is 2.48 bits per heavy atom. The summed E-state index contributed by atoms with van der Waals surface area (Å²) in [7, 11) is 0. The van der Waals surface area contributed by atoms with Crippen LogP contribution in [0.2, 0.25) is 0 Å². The summed E-state index contributed by atoms with van der Waals surface area (Å²) in [5, 5.41) is 25.2. The number of hydrogen-bond acceptors (Lipinski definition) is 8. The summed E-state index contributed by atoms with van der Waals surface area (Å²) >= 11 is 1.46. The molecule has 33 heavy (non-hydrogen) atoms. The molecule has 0 unspecified atom stereocenters. The smallest absolute Gasteiger partial charge is 0.359 e. The second-order valence-electron chi connectivity index (χ2n) is 7.81. The number of esters is 1. The van der Waals surface area contributed by atoms with Crippen molar-refractivity contribution in [3.63, 3.8) is 0 Å². The third-order valence-electron chi connectivity index (χ3n) is 4.92. The van der Waals surface area contributed by atoms with Crippen molar-refractivity contribution in [1.82, 2.24) is 30.6 Å². The number of ether oxygens (including phenoxy) is 1. The Morgan fingerprint density at radius 2 is 1.85 bits per heavy atom. The Balaban J connectivity index is 1.49. The van der Waals surface area contributed by atoms with E-state index in [9.17, 15) is 9.90 Å². The SMILES string of the molecule is CCSc1nc(C(=O)OCc2ccc(-c3ccccc3-c3nn[nH]n3)cc2)c(C(C)(C)O)[nH]1. The Morgan fingerprint density at radius 1 is 1.12 bits per heavy atom. The summed E-state index contributed by atoms with van der Waals surface area (Å²) in [6.45, 7) is 5.27. The van der Waals surface area contributed by atoms with Crippen LogP contribution in [0.25, 0.3) is 22.5 Å². The van der Waals surface area contributed by atoms with Gasteiger partial charge in [-0.15, -0.1) is 10.2 Å². The first kappa shape index (κ1) is 22.7. The minimum absolute atomic E-state index is 0.0833. The number of carbonyl (C=O) groups excluding carboxylic acids is 1. The number of imidazole rings is 1. The van der Waals surface area contributed by atoms with Gasteiger partial charge < -0.3 is 14.8 Å². The predicted octanol–water partition coefficient (Wildman–Crippen LogP) is 3.95. The van der Waals surface area contributed by atoms with Crippen LogP contribution < -0.4 is 0 Å². The molecule has 2 heterocycles. The molecule has 0 fully saturated rings. The fourth-order valence-electron chi connectivity index (χ4n) is 3.35. The van der Waals surface area contributed by atoms with Gasteiger partial charge in [-0.05, 0) is 41.5 Å². The van der Waals surface area contributed by atoms with Gasteiger partial charge in [0.15, 0.2) is 10.9 Å². The molecule has 0 saturated carbocycles. The number of thioether (sulfide) groups is 1. The number of tetrazole rings is 1. The van der Waals surface area contributed by atoms with Crippen molar-refractivity contribution in [2.24, 2.45) is 0 Å². The maximum Gasteiger partial charge on any atom is 0.359 e. The van der Waals surface area contributed by atoms with Gasteiger partial charge in [0.25, 0.3) is 0 Å². The highest BCUT2D eigenvalue weighted by Crippen LogP contribution is 2.30. The fraction of sp³-hybridized carbons (Fsp3) is 0.261. The van der Waals surface area contributed by atoms with Crippen molar-refractivity contribution in [2.75, 3.05) is 5.75 Å². The van der Waals surface area contributed by atoms with Crippen LogP contribution in [0.3, 0.4) is 0 Å². The summed E-state index contributed by atoms with van der Waals surface area (Å²) in [5.41, 5.74) is 2.83. The summed E-state index contributed by atoms with van der Waals surface area (Å²) in [6.07, 6.45) is 0. The van der Waals surface area contributed by atoms with Crippen molar-refractivity contribution < 1.29 is 14.6 Å². The molecule has 0 radical (unpaired) electrons. The van der Waals surface area contributed by atoms with Crippen LogP contribution in [0.1, 0.15) is 42.5 Å². The van der Waals surface area contributed by atoms with E-state index in [1.165, 1.54) is 11.8 Å². The number of carbonyl (C=O) groups is 1. The Bertz CT molecular complexity index is 1230. The maximum absolute atomic E-state index is 12.7. The highest BCUT2D eigenvalue weighted by Gasteiger charge is 2.29. The number of benzene rings is 2. The topological polar surface area (TPSA) is 130 Å². The molecule has 0 spiro atoms. The third-order valence-corrected chi connectivity index (χ3v) is 5.67. The zero-order chi connectivity index (χ0) is 23.4. The van der Waals surface area contributed by atoms with Gasteiger partial charge in [-0.25, -0.2) is 9.78 Å². The van der Waals surface area contributed by atoms with Crippen LogP contribution in [0.5, 0.6) is 0 Å². The van der Waals surface area contributed by atoms with Gasteiger partial charge in [-0.1, -0.05) is 67.2 Å². The molecule has 0 aliphatic heterocycles. The number of rotatable bonds is 8. The average Bonchev–Trinajstić information content (AvgIpc) is 3.48. The lowest BCUT2D eigenvalue weighted by atomic mass is 9.98. The summed E-state index contributed by atoms with van der Waals surface area (Å²) < 4.78 is 5.50. The first-order valence-corrected chi connectivity index (χ1v) is 11.4. The lowest BCUT2D eigenvalue weighted by Crippen LogP contribution is -2.21. The van der Waals surface area contributed by atoms with Crippen LogP contribution >= 0.6 is 11.8 Å². The van der Waals surface area contributed by atoms with Crippen molar-refractivity contribution in [2.45, 2.75) is 38.1 Å². The fourth-order valence-corrected chi connectivity index (χ4v) is 3.95. The summed E-state index contributed by atoms with van der Waals surface area (Å²) in [4.78, 5) is 20.1. The molecule has 0 amide bonds. The van der Waals surface area contributed by atoms with Crippen LogP contribution in [-0.4, -0.2) is 47.4 Å². The Labute approximate surface area is 195 Å². The van der Waals surface area contributed by atoms with Gasteiger partial charge in [-0.2, -0.15) is 5.21 Å². The number of nitrogens with zero attached hydrogens (tertiary/aromatic N) is 4. The van der Waals surface area contributed by atoms with Crippen LogP contribution in [0.15, 0.2) is 53.7 Å². The number of aromatic amines is 2. The summed E-state index contributed by atoms with van der Waals surface area (Å²) in [5.74, 6) is 0.721. The molecule has 4 rings (SSSR count). The standard InChI is InChI=1S/C23H24N6O3S/c1-4-33-22-24-18(19(25-22)23(2,3)31)21(30)32-13-14-9-11-15(12-10-14)16-7-5-6-8-17(16)20-26-28-29-27-20/h5-12,31H,4,13H2,1-3H3,(H,24,25)(H,26,27,28,29). The van der Waals surface area contributed by atoms with Gasteiger partial charge in [0.2, 0.25) is 5.82 Å². The molecule has 0 saturated heterocycles. The summed E-state index contributed by atoms with van der Waals surface area (Å²) in [6, 6.07) is 15.5. The molecule has 0 aliphatic carbocycles. The number of nitrogens with one attached hydrogen (secondary N) is 2. The molecule has 2 aromatic carbocycles. The molecular weight excluding hydrogens is 440 g/mol. The van der Waals surface area contributed by atoms with E-state index < -0.39 is 11.6 Å². The van der Waals surface area contributed by atoms with Crippen LogP contribution in [0.4, 0.5) is 0 Å². The van der Waals surface area contributed by atoms with Crippen molar-refractivity contribution in [3.05, 3.63) is 65.5 Å². The average molecular weight is 465 g/mol. The van der Waals surface area contributed by atoms with E-state index in [0.29, 0.717) is 16.7 Å².